The third kappa shape index (κ3) is 5.22. The first kappa shape index (κ1) is 22.2. The van der Waals surface area contributed by atoms with Gasteiger partial charge in [-0.2, -0.15) is 0 Å². The van der Waals surface area contributed by atoms with Crippen molar-refractivity contribution in [1.82, 2.24) is 19.8 Å². The number of nitrogens with zero attached hydrogens (tertiary/aromatic N) is 5. The second-order valence-electron chi connectivity index (χ2n) is 6.52. The quantitative estimate of drug-likeness (QED) is 0.369. The molecule has 2 heterocycles. The lowest BCUT2D eigenvalue weighted by molar-refractivity contribution is 0.281. The van der Waals surface area contributed by atoms with Crippen molar-refractivity contribution in [1.29, 1.82) is 0 Å². The Balaban J connectivity index is 0.00000280. The van der Waals surface area contributed by atoms with Crippen LogP contribution >= 0.6 is 24.0 Å². The van der Waals surface area contributed by atoms with E-state index in [4.69, 9.17) is 0 Å². The fourth-order valence-electron chi connectivity index (χ4n) is 3.18. The van der Waals surface area contributed by atoms with Crippen LogP contribution in [0.4, 0.5) is 5.82 Å². The number of nitrogens with one attached hydrogen (secondary N) is 1. The van der Waals surface area contributed by atoms with E-state index in [9.17, 15) is 9.90 Å². The van der Waals surface area contributed by atoms with Gasteiger partial charge in [0.05, 0.1) is 6.61 Å². The first-order valence-corrected chi connectivity index (χ1v) is 9.03. The highest BCUT2D eigenvalue weighted by Crippen LogP contribution is 2.10. The van der Waals surface area contributed by atoms with Crippen LogP contribution in [0.2, 0.25) is 0 Å². The van der Waals surface area contributed by atoms with Gasteiger partial charge in [0.25, 0.3) is 5.56 Å². The summed E-state index contributed by atoms with van der Waals surface area (Å²) in [5.41, 5.74) is 1.92. The Kier molecular flexibility index (Phi) is 8.24. The highest BCUT2D eigenvalue weighted by molar-refractivity contribution is 14.0. The van der Waals surface area contributed by atoms with Gasteiger partial charge in [0, 0.05) is 59.2 Å². The van der Waals surface area contributed by atoms with E-state index in [1.165, 1.54) is 0 Å². The van der Waals surface area contributed by atoms with Crippen molar-refractivity contribution in [2.45, 2.75) is 13.2 Å². The van der Waals surface area contributed by atoms with Crippen molar-refractivity contribution in [3.8, 4) is 0 Å². The fourth-order valence-corrected chi connectivity index (χ4v) is 3.18. The average Bonchev–Trinajstić information content (AvgIpc) is 2.71. The lowest BCUT2D eigenvalue weighted by Gasteiger charge is -2.36. The number of aryl methyl sites for hydroxylation is 1. The molecule has 0 saturated carbocycles. The maximum Gasteiger partial charge on any atom is 0.293 e. The summed E-state index contributed by atoms with van der Waals surface area (Å²) in [6.45, 7) is 3.63. The van der Waals surface area contributed by atoms with E-state index in [0.717, 1.165) is 30.2 Å². The molecule has 1 aromatic carbocycles. The van der Waals surface area contributed by atoms with Gasteiger partial charge in [0.15, 0.2) is 11.8 Å². The summed E-state index contributed by atoms with van der Waals surface area (Å²) >= 11 is 0. The van der Waals surface area contributed by atoms with Crippen LogP contribution in [0.3, 0.4) is 0 Å². The summed E-state index contributed by atoms with van der Waals surface area (Å²) in [4.78, 5) is 25.1. The van der Waals surface area contributed by atoms with Crippen LogP contribution in [0, 0.1) is 0 Å². The minimum Gasteiger partial charge on any atom is -0.392 e. The Labute approximate surface area is 181 Å². The zero-order valence-electron chi connectivity index (χ0n) is 16.2. The van der Waals surface area contributed by atoms with E-state index >= 15 is 0 Å². The number of piperazine rings is 1. The van der Waals surface area contributed by atoms with Gasteiger partial charge in [-0.3, -0.25) is 9.79 Å². The van der Waals surface area contributed by atoms with E-state index < -0.39 is 0 Å². The maximum atomic E-state index is 12.2. The second-order valence-corrected chi connectivity index (χ2v) is 6.52. The van der Waals surface area contributed by atoms with Gasteiger partial charge in [-0.1, -0.05) is 24.3 Å². The minimum absolute atomic E-state index is 0. The van der Waals surface area contributed by atoms with Crippen molar-refractivity contribution in [3.05, 3.63) is 58.1 Å². The third-order valence-electron chi connectivity index (χ3n) is 4.71. The number of guanidine groups is 1. The first-order valence-electron chi connectivity index (χ1n) is 9.03. The van der Waals surface area contributed by atoms with Gasteiger partial charge in [0.1, 0.15) is 0 Å². The lowest BCUT2D eigenvalue weighted by atomic mass is 10.1. The smallest absolute Gasteiger partial charge is 0.293 e. The van der Waals surface area contributed by atoms with Crippen LogP contribution in [0.15, 0.2) is 46.4 Å². The number of hydrogen-bond acceptors (Lipinski definition) is 5. The predicted octanol–water partition coefficient (Wildman–Crippen LogP) is 0.788. The van der Waals surface area contributed by atoms with Crippen molar-refractivity contribution in [2.24, 2.45) is 12.0 Å². The summed E-state index contributed by atoms with van der Waals surface area (Å²) in [7, 11) is 3.51. The average molecular weight is 498 g/mol. The molecule has 152 valence electrons. The van der Waals surface area contributed by atoms with Crippen LogP contribution < -0.4 is 15.8 Å². The molecule has 0 bridgehead atoms. The molecule has 1 fully saturated rings. The molecule has 2 N–H and O–H groups in total. The summed E-state index contributed by atoms with van der Waals surface area (Å²) in [6.07, 6.45) is 3.32. The van der Waals surface area contributed by atoms with E-state index in [1.807, 2.05) is 29.2 Å². The van der Waals surface area contributed by atoms with Gasteiger partial charge >= 0.3 is 0 Å². The molecule has 2 aromatic rings. The molecule has 1 aliphatic heterocycles. The Hall–Kier alpha value is -2.14. The van der Waals surface area contributed by atoms with Crippen LogP contribution in [0.1, 0.15) is 11.1 Å². The van der Waals surface area contributed by atoms with E-state index in [0.29, 0.717) is 25.5 Å². The molecule has 0 unspecified atom stereocenters. The highest BCUT2D eigenvalue weighted by atomic mass is 127. The third-order valence-corrected chi connectivity index (χ3v) is 4.71. The van der Waals surface area contributed by atoms with Gasteiger partial charge in [-0.15, -0.1) is 24.0 Å². The van der Waals surface area contributed by atoms with Crippen molar-refractivity contribution < 1.29 is 5.11 Å². The number of rotatable bonds is 4. The van der Waals surface area contributed by atoms with Gasteiger partial charge < -0.3 is 24.8 Å². The summed E-state index contributed by atoms with van der Waals surface area (Å²) in [6, 6.07) is 7.85. The molecular formula is C19H27IN6O2. The SMILES string of the molecule is CN=C(NCc1cccc(CO)c1)N1CCN(c2nccn(C)c2=O)CC1.I. The van der Waals surface area contributed by atoms with Gasteiger partial charge in [0.2, 0.25) is 0 Å². The molecule has 1 aromatic heterocycles. The second kappa shape index (κ2) is 10.4. The lowest BCUT2D eigenvalue weighted by Crippen LogP contribution is -2.53. The molecule has 0 amide bonds. The van der Waals surface area contributed by atoms with E-state index in [1.54, 1.807) is 31.1 Å². The Morgan fingerprint density at radius 3 is 2.64 bits per heavy atom. The predicted molar refractivity (Wildman–Crippen MR) is 121 cm³/mol. The van der Waals surface area contributed by atoms with Crippen molar-refractivity contribution in [3.63, 3.8) is 0 Å². The summed E-state index contributed by atoms with van der Waals surface area (Å²) < 4.78 is 1.55. The summed E-state index contributed by atoms with van der Waals surface area (Å²) in [5, 5.41) is 12.6. The molecule has 9 heteroatoms. The molecule has 0 spiro atoms. The molecule has 0 atom stereocenters. The van der Waals surface area contributed by atoms with Crippen LogP contribution in [-0.2, 0) is 20.2 Å². The first-order chi connectivity index (χ1) is 13.1. The monoisotopic (exact) mass is 498 g/mol. The molecule has 8 nitrogen and oxygen atoms in total. The molecule has 1 aliphatic rings. The number of aliphatic hydroxyl groups is 1. The zero-order chi connectivity index (χ0) is 19.2. The van der Waals surface area contributed by atoms with Crippen molar-refractivity contribution in [2.75, 3.05) is 38.1 Å². The Morgan fingerprint density at radius 1 is 1.25 bits per heavy atom. The number of halogens is 1. The molecule has 0 radical (unpaired) electrons. The largest absolute Gasteiger partial charge is 0.392 e. The van der Waals surface area contributed by atoms with E-state index in [-0.39, 0.29) is 36.1 Å². The minimum atomic E-state index is -0.0720. The van der Waals surface area contributed by atoms with Crippen LogP contribution in [-0.4, -0.2) is 58.7 Å². The number of hydrogen-bond donors (Lipinski definition) is 2. The van der Waals surface area contributed by atoms with Gasteiger partial charge in [-0.05, 0) is 11.1 Å². The van der Waals surface area contributed by atoms with Crippen LogP contribution in [0.25, 0.3) is 0 Å². The Morgan fingerprint density at radius 2 is 1.96 bits per heavy atom. The van der Waals surface area contributed by atoms with Crippen LogP contribution in [0.5, 0.6) is 0 Å². The number of aromatic nitrogens is 2. The van der Waals surface area contributed by atoms with Gasteiger partial charge in [-0.25, -0.2) is 4.98 Å². The zero-order valence-corrected chi connectivity index (χ0v) is 18.5. The molecule has 28 heavy (non-hydrogen) atoms. The van der Waals surface area contributed by atoms with E-state index in [2.05, 4.69) is 20.2 Å². The number of aliphatic imine (C=N–C) groups is 1. The highest BCUT2D eigenvalue weighted by Gasteiger charge is 2.22. The molecule has 0 aliphatic carbocycles. The number of aliphatic hydroxyl groups excluding tert-OH is 1. The number of anilines is 1. The molecule has 1 saturated heterocycles. The standard InChI is InChI=1S/C19H26N6O2.HI/c1-20-19(22-13-15-4-3-5-16(12-15)14-26)25-10-8-24(9-11-25)17-18(27)23(2)7-6-21-17;/h3-7,12,26H,8-11,13-14H2,1-2H3,(H,20,22);1H. The molecule has 3 rings (SSSR count). The topological polar surface area (TPSA) is 86.0 Å². The maximum absolute atomic E-state index is 12.2. The Bertz CT molecular complexity index is 861. The normalized spacial score (nSPS) is 14.6. The fraction of sp³-hybridized carbons (Fsp3) is 0.421. The number of benzene rings is 1. The summed E-state index contributed by atoms with van der Waals surface area (Å²) in [5.74, 6) is 1.33. The molecular weight excluding hydrogens is 471 g/mol. The van der Waals surface area contributed by atoms with Crippen molar-refractivity contribution >= 4 is 35.8 Å².